The molecule has 6 nitrogen and oxygen atoms in total. The van der Waals surface area contributed by atoms with Gasteiger partial charge >= 0.3 is 0 Å². The summed E-state index contributed by atoms with van der Waals surface area (Å²) in [5, 5.41) is 6.19. The molecular weight excluding hydrogens is 681 g/mol. The highest BCUT2D eigenvalue weighted by molar-refractivity contribution is 6.07. The maximum atomic E-state index is 13.5. The lowest BCUT2D eigenvalue weighted by Gasteiger charge is -2.34. The summed E-state index contributed by atoms with van der Waals surface area (Å²) >= 11 is 0. The van der Waals surface area contributed by atoms with Crippen molar-refractivity contribution in [3.63, 3.8) is 0 Å². The van der Waals surface area contributed by atoms with Crippen LogP contribution in [0.15, 0.2) is 146 Å². The van der Waals surface area contributed by atoms with Crippen molar-refractivity contribution in [2.45, 2.75) is 46.0 Å². The number of hydrogen-bond donors (Lipinski definition) is 2. The zero-order valence-corrected chi connectivity index (χ0v) is 32.0. The summed E-state index contributed by atoms with van der Waals surface area (Å²) in [5.74, 6) is 1.73. The lowest BCUT2D eigenvalue weighted by molar-refractivity contribution is 0.101. The van der Waals surface area contributed by atoms with Gasteiger partial charge in [0, 0.05) is 11.4 Å². The van der Waals surface area contributed by atoms with Crippen LogP contribution in [-0.4, -0.2) is 25.0 Å². The Morgan fingerprint density at radius 3 is 1.25 bits per heavy atom. The Kier molecular flexibility index (Phi) is 11.1. The number of carbonyl (C=O) groups excluding carboxylic acids is 2. The van der Waals surface area contributed by atoms with Crippen molar-refractivity contribution in [2.75, 3.05) is 23.8 Å². The zero-order valence-electron chi connectivity index (χ0n) is 32.0. The van der Waals surface area contributed by atoms with Crippen LogP contribution in [0.1, 0.15) is 83.5 Å². The van der Waals surface area contributed by atoms with Crippen LogP contribution >= 0.6 is 0 Å². The number of ether oxygens (including phenoxy) is 2. The van der Waals surface area contributed by atoms with Gasteiger partial charge in [0.15, 0.2) is 0 Å². The van der Waals surface area contributed by atoms with E-state index in [1.54, 1.807) is 12.1 Å². The van der Waals surface area contributed by atoms with E-state index in [4.69, 9.17) is 9.47 Å². The molecule has 0 unspecified atom stereocenters. The fourth-order valence-corrected chi connectivity index (χ4v) is 7.40. The standard InChI is InChI=1S/C49H48N2O4/c1-33(2)29-31-54-45-19-11-7-15-41(45)47(52)50-37-25-21-35(22-26-37)49(43-17-9-5-13-39(43)40-14-6-10-18-44(40)49)36-23-27-38(28-24-36)51-48(53)42-16-8-12-20-46(42)55-32-30-34(3)4/h5-28,33-34H,29-32H2,1-4H3,(H,50,52)(H,51,53). The summed E-state index contributed by atoms with van der Waals surface area (Å²) in [6.07, 6.45) is 1.82. The van der Waals surface area contributed by atoms with E-state index in [0.29, 0.717) is 59.1 Å². The molecule has 0 heterocycles. The Bertz CT molecular complexity index is 2110. The third-order valence-corrected chi connectivity index (χ3v) is 10.3. The fourth-order valence-electron chi connectivity index (χ4n) is 7.40. The number of nitrogens with one attached hydrogen (secondary N) is 2. The quantitative estimate of drug-likeness (QED) is 0.117. The number of rotatable bonds is 14. The second-order valence-corrected chi connectivity index (χ2v) is 15.0. The van der Waals surface area contributed by atoms with Crippen LogP contribution in [-0.2, 0) is 5.41 Å². The smallest absolute Gasteiger partial charge is 0.259 e. The first-order valence-corrected chi connectivity index (χ1v) is 19.2. The van der Waals surface area contributed by atoms with Crippen molar-refractivity contribution in [1.82, 2.24) is 0 Å². The van der Waals surface area contributed by atoms with Crippen LogP contribution < -0.4 is 20.1 Å². The van der Waals surface area contributed by atoms with Gasteiger partial charge in [-0.15, -0.1) is 0 Å². The molecular formula is C49H48N2O4. The van der Waals surface area contributed by atoms with Crippen molar-refractivity contribution in [2.24, 2.45) is 11.8 Å². The number of carbonyl (C=O) groups is 2. The third kappa shape index (κ3) is 7.76. The Balaban J connectivity index is 1.19. The highest BCUT2D eigenvalue weighted by atomic mass is 16.5. The van der Waals surface area contributed by atoms with Crippen LogP contribution in [0.5, 0.6) is 11.5 Å². The minimum atomic E-state index is -0.647. The van der Waals surface area contributed by atoms with Gasteiger partial charge in [0.2, 0.25) is 0 Å². The highest BCUT2D eigenvalue weighted by Gasteiger charge is 2.45. The Morgan fingerprint density at radius 1 is 0.491 bits per heavy atom. The molecule has 1 aliphatic rings. The number of para-hydroxylation sites is 2. The van der Waals surface area contributed by atoms with Crippen LogP contribution in [0.2, 0.25) is 0 Å². The summed E-state index contributed by atoms with van der Waals surface area (Å²) in [6, 6.07) is 48.1. The topological polar surface area (TPSA) is 76.7 Å². The summed E-state index contributed by atoms with van der Waals surface area (Å²) in [6.45, 7) is 9.72. The van der Waals surface area contributed by atoms with Gasteiger partial charge in [-0.2, -0.15) is 0 Å². The molecule has 0 aromatic heterocycles. The minimum Gasteiger partial charge on any atom is -0.493 e. The van der Waals surface area contributed by atoms with Gasteiger partial charge in [-0.05, 0) is 107 Å². The molecule has 0 radical (unpaired) electrons. The summed E-state index contributed by atoms with van der Waals surface area (Å²) < 4.78 is 12.0. The maximum absolute atomic E-state index is 13.5. The monoisotopic (exact) mass is 728 g/mol. The van der Waals surface area contributed by atoms with Crippen LogP contribution in [0.3, 0.4) is 0 Å². The van der Waals surface area contributed by atoms with Crippen molar-refractivity contribution in [3.8, 4) is 22.6 Å². The number of anilines is 2. The average molecular weight is 729 g/mol. The second-order valence-electron chi connectivity index (χ2n) is 15.0. The third-order valence-electron chi connectivity index (χ3n) is 10.3. The Morgan fingerprint density at radius 2 is 0.855 bits per heavy atom. The molecule has 2 N–H and O–H groups in total. The van der Waals surface area contributed by atoms with E-state index < -0.39 is 5.41 Å². The predicted molar refractivity (Wildman–Crippen MR) is 222 cm³/mol. The first kappa shape index (κ1) is 37.2. The van der Waals surface area contributed by atoms with Gasteiger partial charge in [0.05, 0.1) is 29.8 Å². The molecule has 55 heavy (non-hydrogen) atoms. The van der Waals surface area contributed by atoms with E-state index in [-0.39, 0.29) is 11.8 Å². The lowest BCUT2D eigenvalue weighted by Crippen LogP contribution is -2.28. The SMILES string of the molecule is CC(C)CCOc1ccccc1C(=O)Nc1ccc(C2(c3ccc(NC(=O)c4ccccc4OCCC(C)C)cc3)c3ccccc3-c3ccccc32)cc1. The molecule has 6 aromatic carbocycles. The van der Waals surface area contributed by atoms with Gasteiger partial charge in [-0.3, -0.25) is 9.59 Å². The molecule has 0 saturated carbocycles. The summed E-state index contributed by atoms with van der Waals surface area (Å²) in [4.78, 5) is 27.1. The van der Waals surface area contributed by atoms with Crippen molar-refractivity contribution in [1.29, 1.82) is 0 Å². The normalized spacial score (nSPS) is 12.5. The molecule has 6 aromatic rings. The number of benzene rings is 6. The van der Waals surface area contributed by atoms with E-state index in [1.165, 1.54) is 22.3 Å². The summed E-state index contributed by atoms with van der Waals surface area (Å²) in [7, 11) is 0. The van der Waals surface area contributed by atoms with Gasteiger partial charge in [0.25, 0.3) is 11.8 Å². The van der Waals surface area contributed by atoms with Gasteiger partial charge < -0.3 is 20.1 Å². The first-order valence-electron chi connectivity index (χ1n) is 19.2. The largest absolute Gasteiger partial charge is 0.493 e. The lowest BCUT2D eigenvalue weighted by atomic mass is 9.67. The van der Waals surface area contributed by atoms with Crippen molar-refractivity contribution >= 4 is 23.2 Å². The summed E-state index contributed by atoms with van der Waals surface area (Å²) in [5.41, 5.74) is 8.54. The van der Waals surface area contributed by atoms with Crippen LogP contribution in [0, 0.1) is 11.8 Å². The number of fused-ring (bicyclic) bond motifs is 3. The molecule has 6 heteroatoms. The van der Waals surface area contributed by atoms with E-state index in [9.17, 15) is 9.59 Å². The van der Waals surface area contributed by atoms with Crippen LogP contribution in [0.4, 0.5) is 11.4 Å². The highest BCUT2D eigenvalue weighted by Crippen LogP contribution is 2.56. The molecule has 7 rings (SSSR count). The minimum absolute atomic E-state index is 0.221. The van der Waals surface area contributed by atoms with Crippen molar-refractivity contribution < 1.29 is 19.1 Å². The predicted octanol–water partition coefficient (Wildman–Crippen LogP) is 11.4. The van der Waals surface area contributed by atoms with E-state index in [1.807, 2.05) is 60.7 Å². The maximum Gasteiger partial charge on any atom is 0.259 e. The molecule has 278 valence electrons. The molecule has 0 atom stereocenters. The molecule has 0 bridgehead atoms. The molecule has 1 aliphatic carbocycles. The molecule has 2 amide bonds. The number of hydrogen-bond acceptors (Lipinski definition) is 4. The fraction of sp³-hybridized carbons (Fsp3) is 0.224. The van der Waals surface area contributed by atoms with Gasteiger partial charge in [0.1, 0.15) is 11.5 Å². The molecule has 0 aliphatic heterocycles. The molecule has 0 spiro atoms. The van der Waals surface area contributed by atoms with E-state index >= 15 is 0 Å². The van der Waals surface area contributed by atoms with Gasteiger partial charge in [-0.1, -0.05) is 125 Å². The number of amides is 2. The molecule has 0 saturated heterocycles. The van der Waals surface area contributed by atoms with Gasteiger partial charge in [-0.25, -0.2) is 0 Å². The van der Waals surface area contributed by atoms with Crippen molar-refractivity contribution in [3.05, 3.63) is 179 Å². The van der Waals surface area contributed by atoms with E-state index in [0.717, 1.165) is 24.0 Å². The Hall–Kier alpha value is -6.14. The average Bonchev–Trinajstić information content (AvgIpc) is 3.49. The first-order chi connectivity index (χ1) is 26.8. The molecule has 0 fully saturated rings. The van der Waals surface area contributed by atoms with E-state index in [2.05, 4.69) is 111 Å². The Labute approximate surface area is 324 Å². The van der Waals surface area contributed by atoms with Crippen LogP contribution in [0.25, 0.3) is 11.1 Å². The second kappa shape index (κ2) is 16.5. The zero-order chi connectivity index (χ0) is 38.4.